The average molecular weight is 1690 g/mol. The van der Waals surface area contributed by atoms with Crippen LogP contribution in [-0.4, -0.2) is 73.3 Å². The van der Waals surface area contributed by atoms with Gasteiger partial charge in [0.25, 0.3) is 0 Å². The van der Waals surface area contributed by atoms with Crippen molar-refractivity contribution in [1.29, 1.82) is 0 Å². The molecule has 9 nitrogen and oxygen atoms in total. The van der Waals surface area contributed by atoms with E-state index in [0.717, 1.165) is 106 Å². The first kappa shape index (κ1) is 89.8. The molecule has 15 aromatic carbocycles. The van der Waals surface area contributed by atoms with Crippen LogP contribution in [0.15, 0.2) is 376 Å². The molecule has 12 unspecified atom stereocenters. The first-order valence-electron chi connectivity index (χ1n) is 45.5. The molecule has 15 aromatic rings. The number of rotatable bonds is 40. The van der Waals surface area contributed by atoms with Gasteiger partial charge in [-0.2, -0.15) is 0 Å². The van der Waals surface area contributed by atoms with E-state index in [2.05, 4.69) is 360 Å². The highest BCUT2D eigenvalue weighted by Gasteiger charge is 2.31. The predicted molar refractivity (Wildman–Crippen MR) is 521 cm³/mol. The lowest BCUT2D eigenvalue weighted by molar-refractivity contribution is 0.0608. The van der Waals surface area contributed by atoms with Crippen LogP contribution in [0.2, 0.25) is 0 Å². The Morgan fingerprint density at radius 3 is 0.562 bits per heavy atom. The molecule has 0 aliphatic carbocycles. The van der Waals surface area contributed by atoms with Crippen molar-refractivity contribution in [3.8, 4) is 34.5 Å². The van der Waals surface area contributed by atoms with Crippen LogP contribution in [0.3, 0.4) is 0 Å². The van der Waals surface area contributed by atoms with Gasteiger partial charge in [0.05, 0.1) is 0 Å². The third kappa shape index (κ3) is 22.1. The van der Waals surface area contributed by atoms with Crippen LogP contribution in [0.1, 0.15) is 238 Å². The quantitative estimate of drug-likeness (QED) is 0.0345. The Bertz CT molecular complexity index is 5530. The first-order valence-corrected chi connectivity index (χ1v) is 45.5. The number of aliphatic hydroxyl groups excluding tert-OH is 3. The largest absolute Gasteiger partial charge is 0.490 e. The molecule has 0 amide bonds. The van der Waals surface area contributed by atoms with Gasteiger partial charge < -0.3 is 43.7 Å². The van der Waals surface area contributed by atoms with Crippen molar-refractivity contribution in [2.75, 3.05) is 39.6 Å². The molecule has 12 atom stereocenters. The third-order valence-corrected chi connectivity index (χ3v) is 25.9. The number of hydrogen-bond donors (Lipinski definition) is 3. The monoisotopic (exact) mass is 1690 g/mol. The Morgan fingerprint density at radius 1 is 0.172 bits per heavy atom. The second-order valence-corrected chi connectivity index (χ2v) is 34.6. The zero-order valence-electron chi connectivity index (χ0n) is 75.2. The number of ether oxygens (including phenoxy) is 6. The van der Waals surface area contributed by atoms with Crippen molar-refractivity contribution >= 4 is 0 Å². The minimum absolute atomic E-state index is 0.0310. The van der Waals surface area contributed by atoms with Crippen molar-refractivity contribution in [3.05, 3.63) is 499 Å². The number of hydrogen-bond acceptors (Lipinski definition) is 9. The lowest BCUT2D eigenvalue weighted by Gasteiger charge is -2.27. The third-order valence-electron chi connectivity index (χ3n) is 25.9. The summed E-state index contributed by atoms with van der Waals surface area (Å²) in [6, 6.07) is 131. The molecule has 0 heterocycles. The molecule has 0 saturated carbocycles. The van der Waals surface area contributed by atoms with Gasteiger partial charge in [-0.15, -0.1) is 0 Å². The van der Waals surface area contributed by atoms with Gasteiger partial charge in [-0.05, 0) is 101 Å². The lowest BCUT2D eigenvalue weighted by atomic mass is 9.81. The topological polar surface area (TPSA) is 116 Å². The van der Waals surface area contributed by atoms with Crippen LogP contribution in [-0.2, 0) is 12.8 Å². The molecule has 650 valence electrons. The smallest absolute Gasteiger partial charge is 0.127 e. The fourth-order valence-electron chi connectivity index (χ4n) is 17.9. The molecule has 9 heteroatoms. The maximum Gasteiger partial charge on any atom is 0.127 e. The summed E-state index contributed by atoms with van der Waals surface area (Å²) in [5.41, 5.74) is 23.8. The molecule has 0 aliphatic heterocycles. The number of para-hydroxylation sites is 3. The normalized spacial score (nSPS) is 14.3. The summed E-state index contributed by atoms with van der Waals surface area (Å²) in [5.74, 6) is 3.95. The molecule has 128 heavy (non-hydrogen) atoms. The zero-order valence-corrected chi connectivity index (χ0v) is 75.2. The zero-order chi connectivity index (χ0) is 88.8. The summed E-state index contributed by atoms with van der Waals surface area (Å²) in [5, 5.41) is 37.2. The van der Waals surface area contributed by atoms with Crippen molar-refractivity contribution in [3.63, 3.8) is 0 Å². The fraction of sp³-hybridized carbons (Fsp3) is 0.244. The van der Waals surface area contributed by atoms with E-state index in [4.69, 9.17) is 28.4 Å². The summed E-state index contributed by atoms with van der Waals surface area (Å²) >= 11 is 0. The Labute approximate surface area is 758 Å². The van der Waals surface area contributed by atoms with E-state index >= 15 is 0 Å². The summed E-state index contributed by atoms with van der Waals surface area (Å²) in [6.07, 6.45) is -2.45. The van der Waals surface area contributed by atoms with Crippen LogP contribution >= 0.6 is 0 Å². The molecule has 0 saturated heterocycles. The van der Waals surface area contributed by atoms with Gasteiger partial charge in [-0.1, -0.05) is 426 Å². The fourth-order valence-corrected chi connectivity index (χ4v) is 17.9. The van der Waals surface area contributed by atoms with Gasteiger partial charge in [0.15, 0.2) is 0 Å². The predicted octanol–water partition coefficient (Wildman–Crippen LogP) is 26.7. The molecule has 0 aromatic heterocycles. The van der Waals surface area contributed by atoms with Crippen LogP contribution < -0.4 is 28.4 Å². The Morgan fingerprint density at radius 2 is 0.344 bits per heavy atom. The minimum Gasteiger partial charge on any atom is -0.490 e. The molecule has 0 radical (unpaired) electrons. The van der Waals surface area contributed by atoms with E-state index in [1.54, 1.807) is 0 Å². The van der Waals surface area contributed by atoms with Crippen molar-refractivity contribution in [1.82, 2.24) is 0 Å². The second-order valence-electron chi connectivity index (χ2n) is 34.6. The standard InChI is InChI=1S/C119H120O9/c1-80(89-42-19-10-20-43-89)102-68-108(83(4)92-48-25-13-26-49-92)117(109(69-102)84(5)93-50-27-14-28-51-93)126-77-105(120)74-123-114-64-39-37-60-98(114)66-100-62-41-63-101(116(100)125-76-107(122)79-128-119-112(87(8)96-56-33-17-34-57-96)72-104(82(3)91-46-23-12-24-47-91)73-113(119)88(9)97-58-35-18-36-59-97)67-99-61-38-40-65-115(99)124-75-106(121)78-127-118-110(85(6)94-52-29-15-30-53-94)70-103(81(2)90-44-21-11-22-45-90)71-111(118)86(7)95-54-31-16-32-55-95/h10-65,68-73,80-88,105-107,120-122H,66-67,74-79H2,1-9H3. The van der Waals surface area contributed by atoms with Gasteiger partial charge in [0.2, 0.25) is 0 Å². The average Bonchev–Trinajstić information content (AvgIpc) is 0.773. The lowest BCUT2D eigenvalue weighted by Crippen LogP contribution is -2.27. The molecule has 15 rings (SSSR count). The van der Waals surface area contributed by atoms with Gasteiger partial charge >= 0.3 is 0 Å². The van der Waals surface area contributed by atoms with Crippen LogP contribution in [0.5, 0.6) is 34.5 Å². The Hall–Kier alpha value is -13.0. The highest BCUT2D eigenvalue weighted by atomic mass is 16.5. The minimum atomic E-state index is -1.10. The molecular formula is C119H120O9. The Kier molecular flexibility index (Phi) is 30.5. The van der Waals surface area contributed by atoms with Gasteiger partial charge in [0, 0.05) is 99.5 Å². The van der Waals surface area contributed by atoms with Gasteiger partial charge in [-0.3, -0.25) is 0 Å². The summed E-state index contributed by atoms with van der Waals surface area (Å²) in [6.45, 7) is 19.9. The number of aliphatic hydroxyl groups is 3. The van der Waals surface area contributed by atoms with Crippen molar-refractivity contribution in [2.24, 2.45) is 0 Å². The van der Waals surface area contributed by atoms with E-state index in [1.165, 1.54) is 33.4 Å². The summed E-state index contributed by atoms with van der Waals surface area (Å²) in [7, 11) is 0. The van der Waals surface area contributed by atoms with E-state index in [-0.39, 0.29) is 92.9 Å². The highest BCUT2D eigenvalue weighted by Crippen LogP contribution is 2.48. The summed E-state index contributed by atoms with van der Waals surface area (Å²) < 4.78 is 42.0. The SMILES string of the molecule is CC(c1ccccc1)c1cc(C(C)c2ccccc2)c(OCC(O)COc2ccccc2Cc2cccc(Cc3ccccc3OCC(O)COc3c(C(C)c4ccccc4)cc(C(C)c4ccccc4)cc3C(C)c3ccccc3)c2OCC(O)COc2c(C(C)c3ccccc3)cc(C(C)c3ccccc3)cc2C(C)c2ccccc2)c(C(C)c2ccccc2)c1. The molecular weight excluding hydrogens is 1570 g/mol. The molecule has 0 fully saturated rings. The molecule has 0 spiro atoms. The van der Waals surface area contributed by atoms with Crippen LogP contribution in [0.25, 0.3) is 0 Å². The van der Waals surface area contributed by atoms with E-state index in [9.17, 15) is 15.3 Å². The van der Waals surface area contributed by atoms with Crippen LogP contribution in [0.4, 0.5) is 0 Å². The van der Waals surface area contributed by atoms with Gasteiger partial charge in [0.1, 0.15) is 92.5 Å². The highest BCUT2D eigenvalue weighted by molar-refractivity contribution is 5.59. The van der Waals surface area contributed by atoms with E-state index in [0.29, 0.717) is 30.1 Å². The Balaban J connectivity index is 0.726. The van der Waals surface area contributed by atoms with Crippen molar-refractivity contribution in [2.45, 2.75) is 147 Å². The second kappa shape index (κ2) is 43.5. The first-order chi connectivity index (χ1) is 62.5. The molecule has 3 N–H and O–H groups in total. The van der Waals surface area contributed by atoms with Crippen LogP contribution in [0, 0.1) is 0 Å². The van der Waals surface area contributed by atoms with E-state index in [1.807, 2.05) is 78.9 Å². The molecule has 0 bridgehead atoms. The number of benzene rings is 15. The maximum atomic E-state index is 12.7. The summed E-state index contributed by atoms with van der Waals surface area (Å²) in [4.78, 5) is 0. The maximum absolute atomic E-state index is 12.7. The van der Waals surface area contributed by atoms with E-state index < -0.39 is 18.3 Å². The van der Waals surface area contributed by atoms with Crippen molar-refractivity contribution < 1.29 is 43.7 Å². The molecule has 0 aliphatic rings. The van der Waals surface area contributed by atoms with Gasteiger partial charge in [-0.25, -0.2) is 0 Å².